The summed E-state index contributed by atoms with van der Waals surface area (Å²) in [4.78, 5) is 42.2. The Morgan fingerprint density at radius 2 is 2.12 bits per heavy atom. The SMILES string of the molecule is COC(=O)c1cc(-c2csc(NC(=O)CNC(=O)[C@@H](N)C(C)C)n2)c[nH]1. The van der Waals surface area contributed by atoms with E-state index in [4.69, 9.17) is 5.73 Å². The van der Waals surface area contributed by atoms with Crippen LogP contribution < -0.4 is 16.4 Å². The number of hydrogen-bond donors (Lipinski definition) is 4. The van der Waals surface area contributed by atoms with E-state index in [1.807, 2.05) is 13.8 Å². The number of thiazole rings is 1. The van der Waals surface area contributed by atoms with E-state index in [0.717, 1.165) is 0 Å². The quantitative estimate of drug-likeness (QED) is 0.529. The van der Waals surface area contributed by atoms with Crippen LogP contribution in [0, 0.1) is 5.92 Å². The fourth-order valence-electron chi connectivity index (χ4n) is 1.99. The van der Waals surface area contributed by atoms with Crippen molar-refractivity contribution in [2.75, 3.05) is 19.0 Å². The molecule has 0 saturated heterocycles. The lowest BCUT2D eigenvalue weighted by Gasteiger charge is -2.14. The minimum atomic E-state index is -0.660. The summed E-state index contributed by atoms with van der Waals surface area (Å²) >= 11 is 1.23. The summed E-state index contributed by atoms with van der Waals surface area (Å²) in [6.45, 7) is 3.47. The van der Waals surface area contributed by atoms with Gasteiger partial charge in [-0.2, -0.15) is 0 Å². The summed E-state index contributed by atoms with van der Waals surface area (Å²) in [5.41, 5.74) is 7.31. The second-order valence-corrected chi connectivity index (χ2v) is 6.73. The summed E-state index contributed by atoms with van der Waals surface area (Å²) in [6, 6.07) is 0.951. The number of methoxy groups -OCH3 is 1. The summed E-state index contributed by atoms with van der Waals surface area (Å²) in [5, 5.41) is 7.22. The number of nitrogens with one attached hydrogen (secondary N) is 3. The molecule has 0 radical (unpaired) electrons. The maximum absolute atomic E-state index is 11.9. The van der Waals surface area contributed by atoms with Crippen molar-refractivity contribution >= 4 is 34.3 Å². The summed E-state index contributed by atoms with van der Waals surface area (Å²) in [5.74, 6) is -1.27. The zero-order valence-corrected chi connectivity index (χ0v) is 15.5. The van der Waals surface area contributed by atoms with Gasteiger partial charge in [0.15, 0.2) is 5.13 Å². The molecule has 10 heteroatoms. The standard InChI is InChI=1S/C16H21N5O4S/c1-8(2)13(17)14(23)19-6-12(22)21-16-20-11(7-26-16)9-4-10(18-5-9)15(24)25-3/h4-5,7-8,13,18H,6,17H2,1-3H3,(H,19,23)(H,20,21,22)/t13-/m0/s1. The molecule has 0 fully saturated rings. The van der Waals surface area contributed by atoms with Gasteiger partial charge in [-0.3, -0.25) is 9.59 Å². The van der Waals surface area contributed by atoms with Gasteiger partial charge in [-0.1, -0.05) is 13.8 Å². The van der Waals surface area contributed by atoms with E-state index in [1.165, 1.54) is 18.4 Å². The molecule has 140 valence electrons. The monoisotopic (exact) mass is 379 g/mol. The van der Waals surface area contributed by atoms with Gasteiger partial charge in [0.25, 0.3) is 0 Å². The number of ether oxygens (including phenoxy) is 1. The molecule has 2 heterocycles. The Morgan fingerprint density at radius 3 is 2.77 bits per heavy atom. The van der Waals surface area contributed by atoms with Crippen LogP contribution in [-0.4, -0.2) is 47.4 Å². The Morgan fingerprint density at radius 1 is 1.38 bits per heavy atom. The van der Waals surface area contributed by atoms with Gasteiger partial charge in [0.2, 0.25) is 11.8 Å². The molecule has 0 aliphatic rings. The van der Waals surface area contributed by atoms with Crippen LogP contribution in [0.2, 0.25) is 0 Å². The smallest absolute Gasteiger partial charge is 0.354 e. The maximum Gasteiger partial charge on any atom is 0.354 e. The summed E-state index contributed by atoms with van der Waals surface area (Å²) in [6.07, 6.45) is 1.63. The highest BCUT2D eigenvalue weighted by molar-refractivity contribution is 7.14. The van der Waals surface area contributed by atoms with E-state index >= 15 is 0 Å². The molecule has 0 aliphatic heterocycles. The molecule has 0 aromatic carbocycles. The predicted octanol–water partition coefficient (Wildman–Crippen LogP) is 0.963. The molecule has 2 aromatic rings. The molecular formula is C16H21N5O4S. The van der Waals surface area contributed by atoms with E-state index in [1.54, 1.807) is 17.6 Å². The van der Waals surface area contributed by atoms with Gasteiger partial charge in [0.1, 0.15) is 5.69 Å². The van der Waals surface area contributed by atoms with Crippen LogP contribution in [0.5, 0.6) is 0 Å². The van der Waals surface area contributed by atoms with Gasteiger partial charge in [0, 0.05) is 17.1 Å². The Balaban J connectivity index is 1.91. The molecule has 2 amide bonds. The fourth-order valence-corrected chi connectivity index (χ4v) is 2.72. The molecule has 0 bridgehead atoms. The summed E-state index contributed by atoms with van der Waals surface area (Å²) < 4.78 is 4.63. The zero-order valence-electron chi connectivity index (χ0n) is 14.7. The second kappa shape index (κ2) is 8.59. The number of H-pyrrole nitrogens is 1. The van der Waals surface area contributed by atoms with Crippen LogP contribution in [0.15, 0.2) is 17.6 Å². The normalized spacial score (nSPS) is 11.9. The number of nitrogens with two attached hydrogens (primary N) is 1. The van der Waals surface area contributed by atoms with Crippen molar-refractivity contribution in [3.8, 4) is 11.3 Å². The molecule has 2 rings (SSSR count). The van der Waals surface area contributed by atoms with Crippen molar-refractivity contribution in [1.82, 2.24) is 15.3 Å². The zero-order chi connectivity index (χ0) is 19.3. The summed E-state index contributed by atoms with van der Waals surface area (Å²) in [7, 11) is 1.30. The largest absolute Gasteiger partial charge is 0.464 e. The Kier molecular flexibility index (Phi) is 6.47. The van der Waals surface area contributed by atoms with Crippen molar-refractivity contribution in [1.29, 1.82) is 0 Å². The Hall–Kier alpha value is -2.72. The highest BCUT2D eigenvalue weighted by atomic mass is 32.1. The number of esters is 1. The Bertz CT molecular complexity index is 798. The number of nitrogens with zero attached hydrogens (tertiary/aromatic N) is 1. The molecule has 26 heavy (non-hydrogen) atoms. The third-order valence-electron chi connectivity index (χ3n) is 3.58. The number of anilines is 1. The first-order valence-corrected chi connectivity index (χ1v) is 8.75. The van der Waals surface area contributed by atoms with Crippen molar-refractivity contribution in [3.05, 3.63) is 23.3 Å². The average molecular weight is 379 g/mol. The van der Waals surface area contributed by atoms with Crippen LogP contribution in [0.25, 0.3) is 11.3 Å². The number of carbonyl (C=O) groups is 3. The topological polar surface area (TPSA) is 139 Å². The molecule has 5 N–H and O–H groups in total. The number of carbonyl (C=O) groups excluding carboxylic acids is 3. The molecule has 0 saturated carbocycles. The van der Waals surface area contributed by atoms with Crippen molar-refractivity contribution < 1.29 is 19.1 Å². The lowest BCUT2D eigenvalue weighted by atomic mass is 10.1. The molecule has 0 spiro atoms. The van der Waals surface area contributed by atoms with E-state index in [2.05, 4.69) is 25.3 Å². The fraction of sp³-hybridized carbons (Fsp3) is 0.375. The maximum atomic E-state index is 11.9. The molecule has 0 unspecified atom stereocenters. The van der Waals surface area contributed by atoms with E-state index < -0.39 is 17.9 Å². The first-order valence-electron chi connectivity index (χ1n) is 7.87. The molecule has 9 nitrogen and oxygen atoms in total. The Labute approximate surface area is 154 Å². The number of hydrogen-bond acceptors (Lipinski definition) is 7. The number of rotatable bonds is 7. The third-order valence-corrected chi connectivity index (χ3v) is 4.34. The lowest BCUT2D eigenvalue weighted by Crippen LogP contribution is -2.46. The minimum Gasteiger partial charge on any atom is -0.464 e. The van der Waals surface area contributed by atoms with Gasteiger partial charge < -0.3 is 26.1 Å². The highest BCUT2D eigenvalue weighted by Gasteiger charge is 2.18. The van der Waals surface area contributed by atoms with Crippen LogP contribution in [0.3, 0.4) is 0 Å². The first kappa shape index (κ1) is 19.6. The second-order valence-electron chi connectivity index (χ2n) is 5.87. The molecule has 1 atom stereocenters. The first-order chi connectivity index (χ1) is 12.3. The van der Waals surface area contributed by atoms with Crippen molar-refractivity contribution in [2.24, 2.45) is 11.7 Å². The van der Waals surface area contributed by atoms with Gasteiger partial charge in [-0.05, 0) is 12.0 Å². The minimum absolute atomic E-state index is 0.0178. The van der Waals surface area contributed by atoms with Crippen LogP contribution in [0.1, 0.15) is 24.3 Å². The average Bonchev–Trinajstić information content (AvgIpc) is 3.27. The van der Waals surface area contributed by atoms with E-state index in [0.29, 0.717) is 22.1 Å². The van der Waals surface area contributed by atoms with Crippen molar-refractivity contribution in [2.45, 2.75) is 19.9 Å². The lowest BCUT2D eigenvalue weighted by molar-refractivity contribution is -0.125. The van der Waals surface area contributed by atoms with E-state index in [-0.39, 0.29) is 18.4 Å². The number of aromatic amines is 1. The predicted molar refractivity (Wildman–Crippen MR) is 97.7 cm³/mol. The number of aromatic nitrogens is 2. The third kappa shape index (κ3) is 4.90. The van der Waals surface area contributed by atoms with E-state index in [9.17, 15) is 14.4 Å². The van der Waals surface area contributed by atoms with Gasteiger partial charge in [0.05, 0.1) is 25.4 Å². The highest BCUT2D eigenvalue weighted by Crippen LogP contribution is 2.25. The molecule has 2 aromatic heterocycles. The molecular weight excluding hydrogens is 358 g/mol. The van der Waals surface area contributed by atoms with Gasteiger partial charge >= 0.3 is 5.97 Å². The van der Waals surface area contributed by atoms with Crippen LogP contribution >= 0.6 is 11.3 Å². The number of amides is 2. The molecule has 0 aliphatic carbocycles. The van der Waals surface area contributed by atoms with Crippen LogP contribution in [0.4, 0.5) is 5.13 Å². The van der Waals surface area contributed by atoms with Gasteiger partial charge in [-0.25, -0.2) is 9.78 Å². The van der Waals surface area contributed by atoms with Crippen LogP contribution in [-0.2, 0) is 14.3 Å². The van der Waals surface area contributed by atoms with Crippen molar-refractivity contribution in [3.63, 3.8) is 0 Å². The van der Waals surface area contributed by atoms with Gasteiger partial charge in [-0.15, -0.1) is 11.3 Å².